The van der Waals surface area contributed by atoms with E-state index in [1.807, 2.05) is 63.2 Å². The van der Waals surface area contributed by atoms with Gasteiger partial charge in [0.05, 0.1) is 0 Å². The molecule has 0 saturated heterocycles. The van der Waals surface area contributed by atoms with E-state index in [0.29, 0.717) is 23.9 Å². The van der Waals surface area contributed by atoms with E-state index < -0.39 is 6.04 Å². The molecule has 0 heterocycles. The van der Waals surface area contributed by atoms with Crippen LogP contribution in [0.15, 0.2) is 42.5 Å². The van der Waals surface area contributed by atoms with E-state index >= 15 is 0 Å². The van der Waals surface area contributed by atoms with Crippen molar-refractivity contribution < 1.29 is 14.3 Å². The van der Waals surface area contributed by atoms with Crippen LogP contribution in [0.25, 0.3) is 0 Å². The highest BCUT2D eigenvalue weighted by Crippen LogP contribution is 2.26. The van der Waals surface area contributed by atoms with Crippen LogP contribution in [0.5, 0.6) is 5.75 Å². The van der Waals surface area contributed by atoms with Crippen LogP contribution in [0.2, 0.25) is 5.02 Å². The van der Waals surface area contributed by atoms with E-state index in [1.54, 1.807) is 11.8 Å². The largest absolute Gasteiger partial charge is 0.484 e. The Balaban J connectivity index is 2.13. The molecule has 0 radical (unpaired) electrons. The standard InChI is InChI=1S/C23H29ClN2O3/c1-5-11-25-23(28)18(4)26(14-19-9-7-6-8-10-19)21(27)15-29-20-12-16(2)22(24)17(3)13-20/h6-10,12-13,18H,5,11,14-15H2,1-4H3,(H,25,28)/t18-/m0/s1. The molecular formula is C23H29ClN2O3. The van der Waals surface area contributed by atoms with Gasteiger partial charge in [-0.25, -0.2) is 0 Å². The van der Waals surface area contributed by atoms with E-state index in [4.69, 9.17) is 16.3 Å². The van der Waals surface area contributed by atoms with E-state index in [0.717, 1.165) is 23.1 Å². The molecule has 6 heteroatoms. The topological polar surface area (TPSA) is 58.6 Å². The monoisotopic (exact) mass is 416 g/mol. The van der Waals surface area contributed by atoms with Gasteiger partial charge in [0.25, 0.3) is 5.91 Å². The minimum absolute atomic E-state index is 0.154. The number of hydrogen-bond donors (Lipinski definition) is 1. The molecule has 1 N–H and O–H groups in total. The number of aryl methyl sites for hydroxylation is 2. The maximum atomic E-state index is 13.0. The third kappa shape index (κ3) is 6.50. The highest BCUT2D eigenvalue weighted by Gasteiger charge is 2.26. The Kier molecular flexibility index (Phi) is 8.52. The molecule has 5 nitrogen and oxygen atoms in total. The van der Waals surface area contributed by atoms with E-state index in [2.05, 4.69) is 5.32 Å². The molecule has 156 valence electrons. The molecule has 0 saturated carbocycles. The predicted molar refractivity (Wildman–Crippen MR) is 116 cm³/mol. The number of benzene rings is 2. The summed E-state index contributed by atoms with van der Waals surface area (Å²) in [5, 5.41) is 3.55. The summed E-state index contributed by atoms with van der Waals surface area (Å²) in [6, 6.07) is 12.6. The second-order valence-electron chi connectivity index (χ2n) is 7.13. The number of nitrogens with zero attached hydrogens (tertiary/aromatic N) is 1. The number of nitrogens with one attached hydrogen (secondary N) is 1. The maximum absolute atomic E-state index is 13.0. The molecule has 2 rings (SSSR count). The van der Waals surface area contributed by atoms with Gasteiger partial charge >= 0.3 is 0 Å². The number of halogens is 1. The lowest BCUT2D eigenvalue weighted by Gasteiger charge is -2.28. The lowest BCUT2D eigenvalue weighted by atomic mass is 10.1. The maximum Gasteiger partial charge on any atom is 0.261 e. The zero-order chi connectivity index (χ0) is 21.4. The van der Waals surface area contributed by atoms with Gasteiger partial charge in [0.2, 0.25) is 5.91 Å². The summed E-state index contributed by atoms with van der Waals surface area (Å²) in [6.45, 7) is 8.28. The van der Waals surface area contributed by atoms with Gasteiger partial charge in [-0.05, 0) is 56.0 Å². The average molecular weight is 417 g/mol. The quantitative estimate of drug-likeness (QED) is 0.663. The summed E-state index contributed by atoms with van der Waals surface area (Å²) in [5.74, 6) is 0.160. The van der Waals surface area contributed by atoms with Gasteiger partial charge in [-0.3, -0.25) is 9.59 Å². The zero-order valence-electron chi connectivity index (χ0n) is 17.5. The first-order valence-corrected chi connectivity index (χ1v) is 10.2. The van der Waals surface area contributed by atoms with Crippen molar-refractivity contribution in [1.29, 1.82) is 0 Å². The van der Waals surface area contributed by atoms with Crippen LogP contribution in [0.4, 0.5) is 0 Å². The van der Waals surface area contributed by atoms with Crippen LogP contribution in [0.1, 0.15) is 37.0 Å². The average Bonchev–Trinajstić information content (AvgIpc) is 2.72. The van der Waals surface area contributed by atoms with Gasteiger partial charge in [-0.15, -0.1) is 0 Å². The molecule has 0 aliphatic carbocycles. The number of carbonyl (C=O) groups is 2. The smallest absolute Gasteiger partial charge is 0.261 e. The molecule has 0 aliphatic heterocycles. The Morgan fingerprint density at radius 1 is 1.14 bits per heavy atom. The second-order valence-corrected chi connectivity index (χ2v) is 7.51. The number of amides is 2. The lowest BCUT2D eigenvalue weighted by Crippen LogP contribution is -2.49. The second kappa shape index (κ2) is 10.9. The van der Waals surface area contributed by atoms with Crippen LogP contribution in [0, 0.1) is 13.8 Å². The minimum atomic E-state index is -0.605. The van der Waals surface area contributed by atoms with Crippen LogP contribution in [-0.2, 0) is 16.1 Å². The summed E-state index contributed by atoms with van der Waals surface area (Å²) in [6.07, 6.45) is 0.837. The molecule has 0 spiro atoms. The summed E-state index contributed by atoms with van der Waals surface area (Å²) in [7, 11) is 0. The fourth-order valence-electron chi connectivity index (χ4n) is 2.98. The molecule has 29 heavy (non-hydrogen) atoms. The predicted octanol–water partition coefficient (Wildman–Crippen LogP) is 4.28. The summed E-state index contributed by atoms with van der Waals surface area (Å²) in [5.41, 5.74) is 2.74. The molecule has 1 atom stereocenters. The Morgan fingerprint density at radius 2 is 1.76 bits per heavy atom. The van der Waals surface area contributed by atoms with Gasteiger partial charge in [-0.2, -0.15) is 0 Å². The minimum Gasteiger partial charge on any atom is -0.484 e. The van der Waals surface area contributed by atoms with Crippen molar-refractivity contribution in [1.82, 2.24) is 10.2 Å². The third-order valence-corrected chi connectivity index (χ3v) is 5.28. The number of ether oxygens (including phenoxy) is 1. The van der Waals surface area contributed by atoms with Gasteiger partial charge in [0.1, 0.15) is 11.8 Å². The van der Waals surface area contributed by atoms with Crippen molar-refractivity contribution in [2.75, 3.05) is 13.2 Å². The Labute approximate surface area is 178 Å². The molecule has 2 aromatic carbocycles. The van der Waals surface area contributed by atoms with Crippen LogP contribution in [0.3, 0.4) is 0 Å². The molecule has 0 unspecified atom stereocenters. The van der Waals surface area contributed by atoms with Crippen molar-refractivity contribution in [2.45, 2.75) is 46.7 Å². The van der Waals surface area contributed by atoms with Crippen LogP contribution < -0.4 is 10.1 Å². The Hall–Kier alpha value is -2.53. The molecule has 0 bridgehead atoms. The van der Waals surface area contributed by atoms with Gasteiger partial charge in [0.15, 0.2) is 6.61 Å². The van der Waals surface area contributed by atoms with Crippen molar-refractivity contribution in [2.24, 2.45) is 0 Å². The van der Waals surface area contributed by atoms with E-state index in [9.17, 15) is 9.59 Å². The molecule has 2 aromatic rings. The summed E-state index contributed by atoms with van der Waals surface area (Å²) in [4.78, 5) is 27.0. The number of rotatable bonds is 9. The highest BCUT2D eigenvalue weighted by atomic mass is 35.5. The first-order chi connectivity index (χ1) is 13.8. The van der Waals surface area contributed by atoms with Crippen molar-refractivity contribution in [3.05, 3.63) is 64.2 Å². The number of hydrogen-bond acceptors (Lipinski definition) is 3. The summed E-state index contributed by atoms with van der Waals surface area (Å²) < 4.78 is 5.73. The summed E-state index contributed by atoms with van der Waals surface area (Å²) >= 11 is 6.20. The van der Waals surface area contributed by atoms with Gasteiger partial charge in [0, 0.05) is 18.1 Å². The van der Waals surface area contributed by atoms with Crippen LogP contribution >= 0.6 is 11.6 Å². The first-order valence-electron chi connectivity index (χ1n) is 9.84. The zero-order valence-corrected chi connectivity index (χ0v) is 18.3. The van der Waals surface area contributed by atoms with Crippen molar-refractivity contribution in [3.63, 3.8) is 0 Å². The fourth-order valence-corrected chi connectivity index (χ4v) is 3.09. The van der Waals surface area contributed by atoms with Crippen molar-refractivity contribution in [3.8, 4) is 5.75 Å². The Morgan fingerprint density at radius 3 is 2.34 bits per heavy atom. The normalized spacial score (nSPS) is 11.6. The molecule has 0 aliphatic rings. The van der Waals surface area contributed by atoms with Crippen molar-refractivity contribution >= 4 is 23.4 Å². The molecule has 2 amide bonds. The molecule has 0 fully saturated rings. The van der Waals surface area contributed by atoms with Gasteiger partial charge in [-0.1, -0.05) is 48.9 Å². The van der Waals surface area contributed by atoms with E-state index in [-0.39, 0.29) is 18.4 Å². The number of carbonyl (C=O) groups excluding carboxylic acids is 2. The fraction of sp³-hybridized carbons (Fsp3) is 0.391. The van der Waals surface area contributed by atoms with Crippen LogP contribution in [-0.4, -0.2) is 35.9 Å². The first kappa shape index (κ1) is 22.8. The molecule has 0 aromatic heterocycles. The third-order valence-electron chi connectivity index (χ3n) is 4.68. The van der Waals surface area contributed by atoms with E-state index in [1.165, 1.54) is 0 Å². The Bertz CT molecular complexity index is 816. The SMILES string of the molecule is CCCNC(=O)[C@H](C)N(Cc1ccccc1)C(=O)COc1cc(C)c(Cl)c(C)c1. The van der Waals surface area contributed by atoms with Gasteiger partial charge < -0.3 is 15.0 Å². The molecular weight excluding hydrogens is 388 g/mol. The lowest BCUT2D eigenvalue weighted by molar-refractivity contribution is -0.142. The highest BCUT2D eigenvalue weighted by molar-refractivity contribution is 6.32.